The van der Waals surface area contributed by atoms with Gasteiger partial charge >= 0.3 is 0 Å². The number of rotatable bonds is 5. The molecule has 2 aromatic rings. The Morgan fingerprint density at radius 3 is 2.59 bits per heavy atom. The fraction of sp³-hybridized carbons (Fsp3) is 0.480. The lowest BCUT2D eigenvalue weighted by Gasteiger charge is -2.40. The highest BCUT2D eigenvalue weighted by atomic mass is 35.5. The van der Waals surface area contributed by atoms with Gasteiger partial charge in [0.25, 0.3) is 0 Å². The third-order valence-electron chi connectivity index (χ3n) is 6.94. The smallest absolute Gasteiger partial charge is 0.222 e. The number of carbonyl (C=O) groups excluding carboxylic acids is 1. The third-order valence-corrected chi connectivity index (χ3v) is 9.11. The predicted molar refractivity (Wildman–Crippen MR) is 134 cm³/mol. The molecule has 0 bridgehead atoms. The molecule has 170 valence electrons. The van der Waals surface area contributed by atoms with Gasteiger partial charge in [0.1, 0.15) is 0 Å². The van der Waals surface area contributed by atoms with E-state index in [4.69, 9.17) is 11.6 Å². The number of thioether (sulfide) groups is 1. The fourth-order valence-electron chi connectivity index (χ4n) is 5.08. The quantitative estimate of drug-likeness (QED) is 0.550. The van der Waals surface area contributed by atoms with Gasteiger partial charge in [-0.05, 0) is 66.6 Å². The van der Waals surface area contributed by atoms with Crippen LogP contribution in [-0.4, -0.2) is 72.7 Å². The van der Waals surface area contributed by atoms with Crippen LogP contribution in [-0.2, 0) is 11.2 Å². The van der Waals surface area contributed by atoms with Crippen molar-refractivity contribution in [3.05, 3.63) is 52.5 Å². The lowest BCUT2D eigenvalue weighted by molar-refractivity contribution is -0.127. The Kier molecular flexibility index (Phi) is 7.05. The number of hydrogen-bond donors (Lipinski definition) is 0. The molecule has 3 aliphatic heterocycles. The first-order valence-electron chi connectivity index (χ1n) is 11.5. The zero-order chi connectivity index (χ0) is 22.1. The van der Waals surface area contributed by atoms with Crippen molar-refractivity contribution in [3.63, 3.8) is 0 Å². The maximum Gasteiger partial charge on any atom is 0.222 e. The van der Waals surface area contributed by atoms with E-state index in [-0.39, 0.29) is 0 Å². The van der Waals surface area contributed by atoms with Crippen LogP contribution in [0.4, 0.5) is 0 Å². The summed E-state index contributed by atoms with van der Waals surface area (Å²) in [5.41, 5.74) is 2.80. The summed E-state index contributed by atoms with van der Waals surface area (Å²) in [6.45, 7) is 7.05. The van der Waals surface area contributed by atoms with Gasteiger partial charge in [-0.1, -0.05) is 23.4 Å². The lowest BCUT2D eigenvalue weighted by atomic mass is 9.96. The summed E-state index contributed by atoms with van der Waals surface area (Å²) in [5, 5.41) is 0.820. The van der Waals surface area contributed by atoms with Crippen LogP contribution in [0.15, 0.2) is 51.1 Å². The van der Waals surface area contributed by atoms with Gasteiger partial charge in [-0.25, -0.2) is 0 Å². The van der Waals surface area contributed by atoms with Crippen molar-refractivity contribution in [2.45, 2.75) is 40.0 Å². The lowest BCUT2D eigenvalue weighted by Crippen LogP contribution is -2.49. The summed E-state index contributed by atoms with van der Waals surface area (Å²) in [6.07, 6.45) is 4.90. The Balaban J connectivity index is 1.32. The Bertz CT molecular complexity index is 993. The van der Waals surface area contributed by atoms with E-state index in [9.17, 15) is 4.79 Å². The second-order valence-corrected chi connectivity index (χ2v) is 11.2. The van der Waals surface area contributed by atoms with Crippen LogP contribution in [0.25, 0.3) is 0 Å². The Morgan fingerprint density at radius 1 is 1.03 bits per heavy atom. The summed E-state index contributed by atoms with van der Waals surface area (Å²) in [7, 11) is 0. The molecule has 4 nitrogen and oxygen atoms in total. The highest BCUT2D eigenvalue weighted by Gasteiger charge is 2.31. The molecule has 0 radical (unpaired) electrons. The molecule has 0 aromatic heterocycles. The first-order chi connectivity index (χ1) is 15.6. The van der Waals surface area contributed by atoms with Crippen LogP contribution >= 0.6 is 35.1 Å². The molecule has 1 unspecified atom stereocenters. The molecule has 3 aliphatic rings. The minimum absolute atomic E-state index is 0.332. The number of hydrogen-bond acceptors (Lipinski definition) is 5. The minimum Gasteiger partial charge on any atom is -0.341 e. The molecule has 2 saturated heterocycles. The molecule has 0 spiro atoms. The van der Waals surface area contributed by atoms with Crippen LogP contribution < -0.4 is 0 Å². The Morgan fingerprint density at radius 2 is 1.84 bits per heavy atom. The van der Waals surface area contributed by atoms with E-state index >= 15 is 0 Å². The Labute approximate surface area is 204 Å². The van der Waals surface area contributed by atoms with Gasteiger partial charge in [0, 0.05) is 78.0 Å². The van der Waals surface area contributed by atoms with E-state index in [0.717, 1.165) is 70.1 Å². The van der Waals surface area contributed by atoms with E-state index in [2.05, 4.69) is 46.4 Å². The number of halogens is 1. The van der Waals surface area contributed by atoms with E-state index < -0.39 is 0 Å². The van der Waals surface area contributed by atoms with Crippen LogP contribution in [0, 0.1) is 0 Å². The second kappa shape index (κ2) is 9.98. The van der Waals surface area contributed by atoms with Crippen molar-refractivity contribution in [2.75, 3.05) is 52.1 Å². The van der Waals surface area contributed by atoms with Gasteiger partial charge in [-0.3, -0.25) is 14.6 Å². The van der Waals surface area contributed by atoms with Crippen molar-refractivity contribution < 1.29 is 4.79 Å². The molecule has 2 fully saturated rings. The summed E-state index contributed by atoms with van der Waals surface area (Å²) in [5.74, 6) is 0.332. The largest absolute Gasteiger partial charge is 0.341 e. The molecular formula is C25H30ClN3OS2. The van der Waals surface area contributed by atoms with Gasteiger partial charge in [0.2, 0.25) is 5.91 Å². The number of piperazine rings is 1. The number of likely N-dealkylation sites (tertiary alicyclic amines) is 1. The molecule has 5 rings (SSSR count). The molecule has 32 heavy (non-hydrogen) atoms. The average Bonchev–Trinajstić information content (AvgIpc) is 3.15. The van der Waals surface area contributed by atoms with Crippen molar-refractivity contribution in [1.82, 2.24) is 14.7 Å². The number of carbonyl (C=O) groups is 1. The normalized spacial score (nSPS) is 22.0. The SMILES string of the molecule is CSc1ccc2c(c1)C(N1CCN(CCN3CCCC3=O)CC1)Cc1cc(Cl)ccc1S2. The molecular weight excluding hydrogens is 458 g/mol. The Hall–Kier alpha value is -1.18. The van der Waals surface area contributed by atoms with Gasteiger partial charge in [0.15, 0.2) is 0 Å². The van der Waals surface area contributed by atoms with E-state index in [1.54, 1.807) is 0 Å². The van der Waals surface area contributed by atoms with Crippen molar-refractivity contribution >= 4 is 41.0 Å². The molecule has 0 N–H and O–H groups in total. The van der Waals surface area contributed by atoms with E-state index in [1.165, 1.54) is 25.8 Å². The molecule has 7 heteroatoms. The monoisotopic (exact) mass is 487 g/mol. The van der Waals surface area contributed by atoms with E-state index in [1.807, 2.05) is 34.5 Å². The summed E-state index contributed by atoms with van der Waals surface area (Å²) < 4.78 is 0. The maximum atomic E-state index is 11.9. The number of nitrogens with zero attached hydrogens (tertiary/aromatic N) is 3. The minimum atomic E-state index is 0.332. The topological polar surface area (TPSA) is 26.8 Å². The predicted octanol–water partition coefficient (Wildman–Crippen LogP) is 5.05. The van der Waals surface area contributed by atoms with Crippen LogP contribution in [0.2, 0.25) is 5.02 Å². The van der Waals surface area contributed by atoms with Crippen LogP contribution in [0.1, 0.15) is 30.0 Å². The van der Waals surface area contributed by atoms with E-state index in [0.29, 0.717) is 11.9 Å². The average molecular weight is 488 g/mol. The molecule has 1 amide bonds. The zero-order valence-electron chi connectivity index (χ0n) is 18.6. The first-order valence-corrected chi connectivity index (χ1v) is 13.9. The molecule has 3 heterocycles. The highest BCUT2D eigenvalue weighted by molar-refractivity contribution is 7.99. The summed E-state index contributed by atoms with van der Waals surface area (Å²) in [4.78, 5) is 23.2. The highest BCUT2D eigenvalue weighted by Crippen LogP contribution is 2.44. The van der Waals surface area contributed by atoms with Gasteiger partial charge in [0.05, 0.1) is 0 Å². The third kappa shape index (κ3) is 4.85. The molecule has 2 aromatic carbocycles. The van der Waals surface area contributed by atoms with Crippen molar-refractivity contribution in [1.29, 1.82) is 0 Å². The first kappa shape index (κ1) is 22.6. The van der Waals surface area contributed by atoms with Gasteiger partial charge < -0.3 is 4.90 Å². The summed E-state index contributed by atoms with van der Waals surface area (Å²) >= 11 is 10.1. The molecule has 0 saturated carbocycles. The van der Waals surface area contributed by atoms with Gasteiger partial charge in [-0.2, -0.15) is 0 Å². The van der Waals surface area contributed by atoms with Crippen molar-refractivity contribution in [2.24, 2.45) is 0 Å². The summed E-state index contributed by atoms with van der Waals surface area (Å²) in [6, 6.07) is 13.6. The van der Waals surface area contributed by atoms with Gasteiger partial charge in [-0.15, -0.1) is 11.8 Å². The number of amides is 1. The molecule has 0 aliphatic carbocycles. The maximum absolute atomic E-state index is 11.9. The second-order valence-electron chi connectivity index (χ2n) is 8.84. The zero-order valence-corrected chi connectivity index (χ0v) is 20.9. The number of fused-ring (bicyclic) bond motifs is 2. The number of benzene rings is 2. The molecule has 1 atom stereocenters. The fourth-order valence-corrected chi connectivity index (χ4v) is 6.82. The van der Waals surface area contributed by atoms with Crippen molar-refractivity contribution in [3.8, 4) is 0 Å². The van der Waals surface area contributed by atoms with Crippen LogP contribution in [0.5, 0.6) is 0 Å². The van der Waals surface area contributed by atoms with Crippen LogP contribution in [0.3, 0.4) is 0 Å². The standard InChI is InChI=1S/C25H30ClN3OS2/c1-31-20-5-7-24-21(17-20)22(16-18-15-19(26)4-6-23(18)32-24)28-12-9-27(10-13-28)11-14-29-8-2-3-25(29)30/h4-7,15,17,22H,2-3,8-14,16H2,1H3.